The van der Waals surface area contributed by atoms with Gasteiger partial charge >= 0.3 is 0 Å². The predicted octanol–water partition coefficient (Wildman–Crippen LogP) is 4.85. The van der Waals surface area contributed by atoms with Crippen molar-refractivity contribution in [3.8, 4) is 0 Å². The van der Waals surface area contributed by atoms with Crippen molar-refractivity contribution < 1.29 is 4.79 Å². The lowest BCUT2D eigenvalue weighted by atomic mass is 9.99. The van der Waals surface area contributed by atoms with Gasteiger partial charge < -0.3 is 4.98 Å². The highest BCUT2D eigenvalue weighted by Crippen LogP contribution is 2.37. The number of ketones is 1. The van der Waals surface area contributed by atoms with E-state index in [-0.39, 0.29) is 5.78 Å². The van der Waals surface area contributed by atoms with Gasteiger partial charge in [-0.2, -0.15) is 0 Å². The Hall–Kier alpha value is -2.65. The number of benzene rings is 2. The third-order valence-electron chi connectivity index (χ3n) is 6.04. The maximum absolute atomic E-state index is 12.7. The summed E-state index contributed by atoms with van der Waals surface area (Å²) in [4.78, 5) is 18.5. The Morgan fingerprint density at radius 1 is 0.926 bits per heavy atom. The summed E-state index contributed by atoms with van der Waals surface area (Å²) in [5.41, 5.74) is 7.06. The van der Waals surface area contributed by atoms with Crippen molar-refractivity contribution in [3.63, 3.8) is 0 Å². The van der Waals surface area contributed by atoms with Crippen LogP contribution in [0.3, 0.4) is 0 Å². The molecule has 2 aromatic carbocycles. The first-order valence-corrected chi connectivity index (χ1v) is 9.95. The maximum Gasteiger partial charge on any atom is 0.191 e. The number of para-hydroxylation sites is 1. The fourth-order valence-electron chi connectivity index (χ4n) is 4.61. The van der Waals surface area contributed by atoms with E-state index in [2.05, 4.69) is 46.4 Å². The van der Waals surface area contributed by atoms with E-state index in [4.69, 9.17) is 0 Å². The zero-order valence-corrected chi connectivity index (χ0v) is 15.5. The molecule has 2 heterocycles. The van der Waals surface area contributed by atoms with E-state index in [9.17, 15) is 4.79 Å². The number of hydrogen-bond donors (Lipinski definition) is 1. The lowest BCUT2D eigenvalue weighted by Crippen LogP contribution is -2.33. The monoisotopic (exact) mass is 356 g/mol. The van der Waals surface area contributed by atoms with E-state index in [0.717, 1.165) is 43.6 Å². The Labute approximate surface area is 159 Å². The Balaban J connectivity index is 1.18. The van der Waals surface area contributed by atoms with Gasteiger partial charge in [-0.25, -0.2) is 0 Å². The van der Waals surface area contributed by atoms with Crippen LogP contribution in [0, 0.1) is 0 Å². The molecule has 0 amide bonds. The summed E-state index contributed by atoms with van der Waals surface area (Å²) in [6, 6.07) is 16.6. The number of aryl methyl sites for hydroxylation is 1. The molecule has 2 aliphatic rings. The average Bonchev–Trinajstić information content (AvgIpc) is 3.25. The van der Waals surface area contributed by atoms with Gasteiger partial charge in [0.15, 0.2) is 5.78 Å². The van der Waals surface area contributed by atoms with Crippen LogP contribution >= 0.6 is 0 Å². The van der Waals surface area contributed by atoms with Crippen LogP contribution in [0.4, 0.5) is 0 Å². The Bertz CT molecular complexity index is 1040. The molecule has 0 atom stereocenters. The molecule has 0 bridgehead atoms. The van der Waals surface area contributed by atoms with Gasteiger partial charge in [-0.15, -0.1) is 0 Å². The van der Waals surface area contributed by atoms with Crippen molar-refractivity contribution in [1.29, 1.82) is 0 Å². The van der Waals surface area contributed by atoms with Crippen LogP contribution in [0.15, 0.2) is 60.3 Å². The number of aromatic amines is 1. The number of rotatable bonds is 5. The summed E-state index contributed by atoms with van der Waals surface area (Å²) in [6.45, 7) is 2.95. The van der Waals surface area contributed by atoms with Gasteiger partial charge in [0.1, 0.15) is 0 Å². The lowest BCUT2D eigenvalue weighted by molar-refractivity contribution is 0.102. The highest BCUT2D eigenvalue weighted by molar-refractivity contribution is 6.21. The van der Waals surface area contributed by atoms with Crippen molar-refractivity contribution in [3.05, 3.63) is 77.0 Å². The summed E-state index contributed by atoms with van der Waals surface area (Å²) in [7, 11) is 0. The number of carbonyl (C=O) groups excluding carboxylic acids is 1. The van der Waals surface area contributed by atoms with Gasteiger partial charge in [0.05, 0.1) is 0 Å². The number of nitrogens with zero attached hydrogens (tertiary/aromatic N) is 1. The normalized spacial score (nSPS) is 16.8. The molecule has 1 aliphatic carbocycles. The van der Waals surface area contributed by atoms with Crippen molar-refractivity contribution in [2.24, 2.45) is 0 Å². The van der Waals surface area contributed by atoms with Gasteiger partial charge in [0.2, 0.25) is 0 Å². The van der Waals surface area contributed by atoms with Crippen LogP contribution in [-0.2, 0) is 6.42 Å². The lowest BCUT2D eigenvalue weighted by Gasteiger charge is -2.27. The zero-order valence-electron chi connectivity index (χ0n) is 15.5. The Morgan fingerprint density at radius 3 is 2.67 bits per heavy atom. The van der Waals surface area contributed by atoms with E-state index in [0.29, 0.717) is 0 Å². The van der Waals surface area contributed by atoms with Gasteiger partial charge in [-0.3, -0.25) is 9.69 Å². The molecule has 0 radical (unpaired) electrons. The number of H-pyrrole nitrogens is 1. The Kier molecular flexibility index (Phi) is 4.17. The van der Waals surface area contributed by atoms with E-state index in [1.165, 1.54) is 40.4 Å². The van der Waals surface area contributed by atoms with E-state index < -0.39 is 0 Å². The smallest absolute Gasteiger partial charge is 0.191 e. The highest BCUT2D eigenvalue weighted by Gasteiger charge is 2.32. The maximum atomic E-state index is 12.7. The van der Waals surface area contributed by atoms with Crippen LogP contribution in [0.5, 0.6) is 0 Å². The molecule has 5 rings (SSSR count). The molecular formula is C24H24N2O. The van der Waals surface area contributed by atoms with Crippen molar-refractivity contribution in [1.82, 2.24) is 9.88 Å². The number of unbranched alkanes of at least 4 members (excludes halogenated alkanes) is 1. The molecule has 3 nitrogen and oxygen atoms in total. The molecule has 1 N–H and O–H groups in total. The molecule has 0 saturated carbocycles. The first kappa shape index (κ1) is 16.5. The molecular weight excluding hydrogens is 332 g/mol. The topological polar surface area (TPSA) is 36.1 Å². The number of hydrogen-bond acceptors (Lipinski definition) is 2. The van der Waals surface area contributed by atoms with Crippen LogP contribution in [0.2, 0.25) is 0 Å². The standard InChI is InChI=1S/C24H24N2O/c27-24-21-10-2-1-9-19(21)20-12-14-26(16-22(20)24)13-6-5-7-17-15-25-23-11-4-3-8-18(17)23/h1-4,8-11,15,25H,5-7,12-14,16H2. The van der Waals surface area contributed by atoms with E-state index in [1.807, 2.05) is 18.2 Å². The second-order valence-corrected chi connectivity index (χ2v) is 7.67. The first-order chi connectivity index (χ1) is 13.3. The van der Waals surface area contributed by atoms with Crippen molar-refractivity contribution >= 4 is 22.3 Å². The summed E-state index contributed by atoms with van der Waals surface area (Å²) >= 11 is 0. The van der Waals surface area contributed by atoms with Crippen LogP contribution in [-0.4, -0.2) is 35.3 Å². The Morgan fingerprint density at radius 2 is 1.74 bits per heavy atom. The fourth-order valence-corrected chi connectivity index (χ4v) is 4.61. The minimum atomic E-state index is 0.254. The second kappa shape index (κ2) is 6.82. The molecule has 0 saturated heterocycles. The van der Waals surface area contributed by atoms with Crippen LogP contribution in [0.25, 0.3) is 16.5 Å². The van der Waals surface area contributed by atoms with Gasteiger partial charge in [0, 0.05) is 41.3 Å². The predicted molar refractivity (Wildman–Crippen MR) is 110 cm³/mol. The minimum Gasteiger partial charge on any atom is -0.361 e. The third kappa shape index (κ3) is 2.92. The molecule has 3 aromatic rings. The molecule has 136 valence electrons. The van der Waals surface area contributed by atoms with E-state index >= 15 is 0 Å². The largest absolute Gasteiger partial charge is 0.361 e. The molecule has 0 spiro atoms. The van der Waals surface area contributed by atoms with E-state index in [1.54, 1.807) is 0 Å². The van der Waals surface area contributed by atoms with Crippen LogP contribution in [0.1, 0.15) is 40.7 Å². The molecule has 1 aliphatic heterocycles. The van der Waals surface area contributed by atoms with Crippen LogP contribution < -0.4 is 0 Å². The summed E-state index contributed by atoms with van der Waals surface area (Å²) < 4.78 is 0. The molecule has 1 aromatic heterocycles. The van der Waals surface area contributed by atoms with Gasteiger partial charge in [-0.05, 0) is 55.0 Å². The number of fused-ring (bicyclic) bond motifs is 3. The quantitative estimate of drug-likeness (QED) is 0.664. The second-order valence-electron chi connectivity index (χ2n) is 7.67. The van der Waals surface area contributed by atoms with Gasteiger partial charge in [0.25, 0.3) is 0 Å². The molecule has 0 unspecified atom stereocenters. The number of nitrogens with one attached hydrogen (secondary N) is 1. The highest BCUT2D eigenvalue weighted by atomic mass is 16.1. The number of carbonyl (C=O) groups is 1. The SMILES string of the molecule is O=C1C2=C(CCN(CCCCc3c[nH]c4ccccc34)C2)c2ccccc21. The van der Waals surface area contributed by atoms with Crippen molar-refractivity contribution in [2.75, 3.05) is 19.6 Å². The molecule has 0 fully saturated rings. The first-order valence-electron chi connectivity index (χ1n) is 9.95. The summed E-state index contributed by atoms with van der Waals surface area (Å²) in [5.74, 6) is 0.254. The average molecular weight is 356 g/mol. The fraction of sp³-hybridized carbons (Fsp3) is 0.292. The van der Waals surface area contributed by atoms with Crippen molar-refractivity contribution in [2.45, 2.75) is 25.7 Å². The number of Topliss-reactive ketones (excluding diaryl/α,β-unsaturated/α-hetero) is 1. The number of aromatic nitrogens is 1. The third-order valence-corrected chi connectivity index (χ3v) is 6.04. The molecule has 3 heteroatoms. The summed E-state index contributed by atoms with van der Waals surface area (Å²) in [6.07, 6.45) is 6.61. The van der Waals surface area contributed by atoms with Gasteiger partial charge in [-0.1, -0.05) is 42.5 Å². The zero-order chi connectivity index (χ0) is 18.2. The summed E-state index contributed by atoms with van der Waals surface area (Å²) in [5, 5.41) is 1.35. The molecule has 27 heavy (non-hydrogen) atoms. The minimum absolute atomic E-state index is 0.254.